The number of sulfonamides is 1. The van der Waals surface area contributed by atoms with Crippen molar-refractivity contribution in [2.24, 2.45) is 0 Å². The largest absolute Gasteiger partial charge is 0.447 e. The Hall–Kier alpha value is -2.33. The topological polar surface area (TPSA) is 106 Å². The summed E-state index contributed by atoms with van der Waals surface area (Å²) in [7, 11) is -3.80. The van der Waals surface area contributed by atoms with Crippen molar-refractivity contribution in [3.05, 3.63) is 23.4 Å². The highest BCUT2D eigenvalue weighted by Crippen LogP contribution is 2.31. The summed E-state index contributed by atoms with van der Waals surface area (Å²) in [4.78, 5) is 13.1. The number of carbonyl (C=O) groups excluding carboxylic acids is 1. The second-order valence-corrected chi connectivity index (χ2v) is 8.00. The average molecular weight is 367 g/mol. The van der Waals surface area contributed by atoms with E-state index in [-0.39, 0.29) is 30.8 Å². The lowest BCUT2D eigenvalue weighted by Crippen LogP contribution is -2.53. The molecule has 1 atom stereocenters. The third-order valence-corrected chi connectivity index (χ3v) is 6.37. The number of hydrogen-bond acceptors (Lipinski definition) is 7. The first-order chi connectivity index (χ1) is 11.9. The summed E-state index contributed by atoms with van der Waals surface area (Å²) in [6, 6.07) is 2.70. The van der Waals surface area contributed by atoms with Crippen LogP contribution in [0.4, 0.5) is 4.79 Å². The molecule has 0 radical (unpaired) electrons. The fourth-order valence-electron chi connectivity index (χ4n) is 3.03. The summed E-state index contributed by atoms with van der Waals surface area (Å²) in [5.74, 6) is 0.730. The van der Waals surface area contributed by atoms with E-state index >= 15 is 0 Å². The predicted octanol–water partition coefficient (Wildman–Crippen LogP) is 1.38. The smallest absolute Gasteiger partial charge is 0.410 e. The molecule has 2 aromatic rings. The number of aromatic nitrogens is 1. The van der Waals surface area contributed by atoms with Crippen LogP contribution in [0.1, 0.15) is 11.3 Å². The van der Waals surface area contributed by atoms with Crippen molar-refractivity contribution in [1.29, 1.82) is 0 Å². The number of fused-ring (bicyclic) bond motifs is 1. The Morgan fingerprint density at radius 2 is 2.04 bits per heavy atom. The van der Waals surface area contributed by atoms with Crippen molar-refractivity contribution >= 4 is 16.1 Å². The highest BCUT2D eigenvalue weighted by atomic mass is 32.2. The van der Waals surface area contributed by atoms with Crippen LogP contribution in [-0.2, 0) is 14.8 Å². The Morgan fingerprint density at radius 1 is 1.24 bits per heavy atom. The van der Waals surface area contributed by atoms with Crippen molar-refractivity contribution in [3.8, 4) is 11.5 Å². The molecular weight excluding hydrogens is 350 g/mol. The summed E-state index contributed by atoms with van der Waals surface area (Å²) < 4.78 is 42.7. The predicted molar refractivity (Wildman–Crippen MR) is 84.3 cm³/mol. The zero-order chi connectivity index (χ0) is 17.8. The number of rotatable bonds is 3. The van der Waals surface area contributed by atoms with E-state index in [0.717, 1.165) is 11.3 Å². The first-order valence-corrected chi connectivity index (χ1v) is 9.28. The molecule has 134 valence electrons. The molecule has 0 bridgehead atoms. The second kappa shape index (κ2) is 5.60. The molecule has 2 saturated heterocycles. The quantitative estimate of drug-likeness (QED) is 0.806. The zero-order valence-electron chi connectivity index (χ0n) is 13.8. The molecule has 0 N–H and O–H groups in total. The van der Waals surface area contributed by atoms with Crippen molar-refractivity contribution < 1.29 is 26.9 Å². The SMILES string of the molecule is Cc1noc(-c2ccc(S(=O)(=O)N3CCN4C(=O)OCC4C3)o2)c1C. The van der Waals surface area contributed by atoms with E-state index in [1.54, 1.807) is 17.9 Å². The lowest BCUT2D eigenvalue weighted by atomic mass is 10.2. The van der Waals surface area contributed by atoms with Gasteiger partial charge in [0.15, 0.2) is 5.76 Å². The number of furan rings is 1. The number of nitrogens with zero attached hydrogens (tertiary/aromatic N) is 3. The Morgan fingerprint density at radius 3 is 2.76 bits per heavy atom. The molecular formula is C15H17N3O6S. The molecule has 0 spiro atoms. The van der Waals surface area contributed by atoms with Gasteiger partial charge < -0.3 is 13.7 Å². The molecule has 10 heteroatoms. The molecule has 2 aromatic heterocycles. The van der Waals surface area contributed by atoms with Crippen molar-refractivity contribution in [2.75, 3.05) is 26.2 Å². The molecule has 0 aromatic carbocycles. The van der Waals surface area contributed by atoms with Crippen LogP contribution < -0.4 is 0 Å². The Balaban J connectivity index is 1.59. The maximum atomic E-state index is 12.8. The molecule has 4 rings (SSSR count). The van der Waals surface area contributed by atoms with Gasteiger partial charge in [-0.05, 0) is 26.0 Å². The van der Waals surface area contributed by atoms with Crippen LogP contribution in [0.25, 0.3) is 11.5 Å². The molecule has 1 amide bonds. The van der Waals surface area contributed by atoms with Gasteiger partial charge in [-0.25, -0.2) is 13.2 Å². The van der Waals surface area contributed by atoms with E-state index in [9.17, 15) is 13.2 Å². The molecule has 2 aliphatic rings. The summed E-state index contributed by atoms with van der Waals surface area (Å²) in [6.07, 6.45) is -0.390. The number of amides is 1. The van der Waals surface area contributed by atoms with E-state index in [2.05, 4.69) is 5.16 Å². The van der Waals surface area contributed by atoms with Gasteiger partial charge >= 0.3 is 6.09 Å². The summed E-state index contributed by atoms with van der Waals surface area (Å²) >= 11 is 0. The van der Waals surface area contributed by atoms with Crippen LogP contribution in [0, 0.1) is 13.8 Å². The summed E-state index contributed by atoms with van der Waals surface area (Å²) in [5, 5.41) is 3.69. The van der Waals surface area contributed by atoms with Gasteiger partial charge in [-0.2, -0.15) is 4.31 Å². The lowest BCUT2D eigenvalue weighted by molar-refractivity contribution is 0.147. The molecule has 0 aliphatic carbocycles. The maximum Gasteiger partial charge on any atom is 0.410 e. The Kier molecular flexibility index (Phi) is 3.62. The van der Waals surface area contributed by atoms with E-state index in [1.165, 1.54) is 10.4 Å². The lowest BCUT2D eigenvalue weighted by Gasteiger charge is -2.33. The van der Waals surface area contributed by atoms with Gasteiger partial charge in [-0.3, -0.25) is 4.90 Å². The molecule has 9 nitrogen and oxygen atoms in total. The number of hydrogen-bond donors (Lipinski definition) is 0. The minimum absolute atomic E-state index is 0.158. The first kappa shape index (κ1) is 16.2. The first-order valence-electron chi connectivity index (χ1n) is 7.84. The maximum absolute atomic E-state index is 12.8. The molecule has 25 heavy (non-hydrogen) atoms. The number of aryl methyl sites for hydroxylation is 1. The molecule has 0 saturated carbocycles. The van der Waals surface area contributed by atoms with Crippen molar-refractivity contribution in [3.63, 3.8) is 0 Å². The molecule has 2 aliphatic heterocycles. The standard InChI is InChI=1S/C15H17N3O6S/c1-9-10(2)16-24-14(9)12-3-4-13(23-12)25(20,21)17-5-6-18-11(7-17)8-22-15(18)19/h3-4,11H,5-8H2,1-2H3. The van der Waals surface area contributed by atoms with Gasteiger partial charge in [-0.1, -0.05) is 5.16 Å². The fraction of sp³-hybridized carbons (Fsp3) is 0.467. The highest BCUT2D eigenvalue weighted by Gasteiger charge is 2.42. The number of piperazine rings is 1. The number of cyclic esters (lactones) is 1. The van der Waals surface area contributed by atoms with Gasteiger partial charge in [0.25, 0.3) is 10.0 Å². The molecule has 1 unspecified atom stereocenters. The molecule has 2 fully saturated rings. The Bertz CT molecular complexity index is 931. The minimum atomic E-state index is -3.80. The third kappa shape index (κ3) is 2.52. The zero-order valence-corrected chi connectivity index (χ0v) is 14.6. The number of ether oxygens (including phenoxy) is 1. The normalized spacial score (nSPS) is 21.4. The van der Waals surface area contributed by atoms with Crippen LogP contribution in [0.3, 0.4) is 0 Å². The summed E-state index contributed by atoms with van der Waals surface area (Å²) in [5.41, 5.74) is 1.52. The van der Waals surface area contributed by atoms with E-state index in [1.807, 2.05) is 6.92 Å². The monoisotopic (exact) mass is 367 g/mol. The van der Waals surface area contributed by atoms with E-state index in [0.29, 0.717) is 18.1 Å². The highest BCUT2D eigenvalue weighted by molar-refractivity contribution is 7.89. The van der Waals surface area contributed by atoms with Gasteiger partial charge in [0.1, 0.15) is 6.61 Å². The minimum Gasteiger partial charge on any atom is -0.447 e. The van der Waals surface area contributed by atoms with Gasteiger partial charge in [0, 0.05) is 25.2 Å². The van der Waals surface area contributed by atoms with Crippen molar-refractivity contribution in [2.45, 2.75) is 25.0 Å². The fourth-order valence-corrected chi connectivity index (χ4v) is 4.41. The van der Waals surface area contributed by atoms with Crippen LogP contribution in [0.15, 0.2) is 26.2 Å². The Labute approximate surface area is 144 Å². The van der Waals surface area contributed by atoms with Gasteiger partial charge in [-0.15, -0.1) is 0 Å². The van der Waals surface area contributed by atoms with Crippen LogP contribution in [0.2, 0.25) is 0 Å². The van der Waals surface area contributed by atoms with E-state index < -0.39 is 16.1 Å². The third-order valence-electron chi connectivity index (χ3n) is 4.64. The van der Waals surface area contributed by atoms with Crippen LogP contribution in [-0.4, -0.2) is 61.2 Å². The average Bonchev–Trinajstić information content (AvgIpc) is 3.29. The molecule has 4 heterocycles. The van der Waals surface area contributed by atoms with Crippen LogP contribution in [0.5, 0.6) is 0 Å². The van der Waals surface area contributed by atoms with E-state index in [4.69, 9.17) is 13.7 Å². The van der Waals surface area contributed by atoms with Crippen LogP contribution >= 0.6 is 0 Å². The van der Waals surface area contributed by atoms with Crippen molar-refractivity contribution in [1.82, 2.24) is 14.4 Å². The van der Waals surface area contributed by atoms with Gasteiger partial charge in [0.05, 0.1) is 11.7 Å². The van der Waals surface area contributed by atoms with Gasteiger partial charge in [0.2, 0.25) is 10.9 Å². The number of carbonyl (C=O) groups is 1. The second-order valence-electron chi connectivity index (χ2n) is 6.13. The summed E-state index contributed by atoms with van der Waals surface area (Å²) in [6.45, 7) is 4.51.